The van der Waals surface area contributed by atoms with Crippen molar-refractivity contribution in [1.82, 2.24) is 15.6 Å². The Morgan fingerprint density at radius 3 is 2.15 bits per heavy atom. The fraction of sp³-hybridized carbons (Fsp3) is 0.429. The van der Waals surface area contributed by atoms with Gasteiger partial charge in [-0.3, -0.25) is 10.6 Å². The van der Waals surface area contributed by atoms with Gasteiger partial charge in [0.1, 0.15) is 22.8 Å². The maximum absolute atomic E-state index is 12.3. The molecule has 0 bridgehead atoms. The number of nitrogens with zero attached hydrogens (tertiary/aromatic N) is 2. The number of carbonyl (C=O) groups is 2. The summed E-state index contributed by atoms with van der Waals surface area (Å²) >= 11 is 0. The van der Waals surface area contributed by atoms with Crippen LogP contribution in [0.15, 0.2) is 57.9 Å². The Hall–Kier alpha value is -3.96. The van der Waals surface area contributed by atoms with E-state index in [0.717, 1.165) is 11.1 Å². The lowest BCUT2D eigenvalue weighted by molar-refractivity contribution is 0.0545. The van der Waals surface area contributed by atoms with Crippen molar-refractivity contribution in [2.45, 2.75) is 77.9 Å². The monoisotopic (exact) mass is 539 g/mol. The van der Waals surface area contributed by atoms with Crippen LogP contribution in [-0.4, -0.2) is 45.5 Å². The summed E-state index contributed by atoms with van der Waals surface area (Å²) < 4.78 is 16.2. The van der Waals surface area contributed by atoms with Crippen LogP contribution in [0.2, 0.25) is 0 Å². The van der Waals surface area contributed by atoms with Crippen molar-refractivity contribution in [1.29, 1.82) is 0 Å². The van der Waals surface area contributed by atoms with Gasteiger partial charge in [-0.1, -0.05) is 36.4 Å². The van der Waals surface area contributed by atoms with Gasteiger partial charge in [-0.2, -0.15) is 0 Å². The summed E-state index contributed by atoms with van der Waals surface area (Å²) in [5, 5.41) is 15.6. The highest BCUT2D eigenvalue weighted by molar-refractivity contribution is 6.01. The quantitative estimate of drug-likeness (QED) is 0.266. The van der Waals surface area contributed by atoms with Crippen LogP contribution in [0, 0.1) is 0 Å². The number of fused-ring (bicyclic) bond motifs is 1. The molecule has 0 fully saturated rings. The summed E-state index contributed by atoms with van der Waals surface area (Å²) in [7, 11) is 0. The minimum atomic E-state index is -1.10. The molecule has 2 aromatic carbocycles. The van der Waals surface area contributed by atoms with E-state index in [2.05, 4.69) is 20.6 Å². The summed E-state index contributed by atoms with van der Waals surface area (Å²) in [6.45, 7) is 10.5. The first kappa shape index (κ1) is 29.6. The zero-order valence-electron chi connectivity index (χ0n) is 23.1. The molecule has 0 aliphatic heterocycles. The van der Waals surface area contributed by atoms with Crippen molar-refractivity contribution in [2.24, 2.45) is 10.7 Å². The number of nitrogens with one attached hydrogen (secondary N) is 2. The Bertz CT molecular complexity index is 1260. The number of ether oxygens (including phenoxy) is 2. The highest BCUT2D eigenvalue weighted by Gasteiger charge is 2.24. The number of aliphatic hydroxyl groups excluding tert-OH is 1. The van der Waals surface area contributed by atoms with E-state index in [1.54, 1.807) is 53.7 Å². The number of guanidine groups is 1. The fourth-order valence-corrected chi connectivity index (χ4v) is 3.52. The minimum absolute atomic E-state index is 0.119. The van der Waals surface area contributed by atoms with Crippen LogP contribution in [0.1, 0.15) is 64.7 Å². The Balaban J connectivity index is 1.70. The van der Waals surface area contributed by atoms with E-state index in [1.165, 1.54) is 0 Å². The number of amides is 2. The van der Waals surface area contributed by atoms with Crippen LogP contribution < -0.4 is 16.4 Å². The molecule has 210 valence electrons. The number of alkyl carbamates (subject to hydrolysis) is 2. The number of aliphatic hydroxyl groups is 1. The van der Waals surface area contributed by atoms with E-state index < -0.39 is 35.5 Å². The minimum Gasteiger partial charge on any atom is -0.444 e. The van der Waals surface area contributed by atoms with E-state index in [4.69, 9.17) is 19.6 Å². The van der Waals surface area contributed by atoms with E-state index in [-0.39, 0.29) is 18.4 Å². The van der Waals surface area contributed by atoms with Crippen molar-refractivity contribution in [2.75, 3.05) is 0 Å². The van der Waals surface area contributed by atoms with Crippen LogP contribution in [0.5, 0.6) is 0 Å². The second kappa shape index (κ2) is 12.3. The molecule has 2 amide bonds. The van der Waals surface area contributed by atoms with Crippen molar-refractivity contribution >= 4 is 29.2 Å². The number of rotatable bonds is 6. The summed E-state index contributed by atoms with van der Waals surface area (Å²) in [6.07, 6.45) is -2.30. The van der Waals surface area contributed by atoms with Crippen LogP contribution in [0.3, 0.4) is 0 Å². The predicted molar refractivity (Wildman–Crippen MR) is 147 cm³/mol. The third kappa shape index (κ3) is 9.69. The van der Waals surface area contributed by atoms with Gasteiger partial charge in [0.15, 0.2) is 5.58 Å². The third-order valence-corrected chi connectivity index (χ3v) is 5.09. The van der Waals surface area contributed by atoms with Gasteiger partial charge in [0.25, 0.3) is 0 Å². The van der Waals surface area contributed by atoms with Crippen molar-refractivity contribution < 1.29 is 28.6 Å². The molecule has 1 heterocycles. The van der Waals surface area contributed by atoms with Gasteiger partial charge in [-0.25, -0.2) is 19.6 Å². The van der Waals surface area contributed by atoms with Crippen LogP contribution in [0.4, 0.5) is 9.59 Å². The molecule has 3 rings (SSSR count). The van der Waals surface area contributed by atoms with Gasteiger partial charge in [-0.05, 0) is 71.2 Å². The number of hydrogen-bond donors (Lipinski definition) is 4. The number of aromatic nitrogens is 1. The van der Waals surface area contributed by atoms with Crippen molar-refractivity contribution in [3.8, 4) is 0 Å². The van der Waals surface area contributed by atoms with Gasteiger partial charge < -0.3 is 24.7 Å². The molecule has 11 heteroatoms. The topological polar surface area (TPSA) is 161 Å². The maximum atomic E-state index is 12.3. The molecule has 0 radical (unpaired) electrons. The Kier molecular flexibility index (Phi) is 9.31. The van der Waals surface area contributed by atoms with Crippen molar-refractivity contribution in [3.05, 3.63) is 65.5 Å². The number of carbonyl (C=O) groups excluding carboxylic acids is 2. The highest BCUT2D eigenvalue weighted by Crippen LogP contribution is 2.23. The molecule has 3 aromatic rings. The molecule has 0 saturated carbocycles. The molecule has 0 saturated heterocycles. The molecular formula is C28H37N5O6. The molecule has 5 N–H and O–H groups in total. The average molecular weight is 540 g/mol. The lowest BCUT2D eigenvalue weighted by atomic mass is 10.0. The number of oxazole rings is 1. The first-order chi connectivity index (χ1) is 18.2. The maximum Gasteiger partial charge on any atom is 0.414 e. The summed E-state index contributed by atoms with van der Waals surface area (Å²) in [5.74, 6) is 0.0440. The molecule has 1 aromatic heterocycles. The Labute approximate surface area is 227 Å². The van der Waals surface area contributed by atoms with Gasteiger partial charge >= 0.3 is 12.2 Å². The number of para-hydroxylation sites is 2. The highest BCUT2D eigenvalue weighted by atomic mass is 16.6. The van der Waals surface area contributed by atoms with Gasteiger partial charge in [0.2, 0.25) is 11.9 Å². The number of benzene rings is 2. The Morgan fingerprint density at radius 2 is 1.56 bits per heavy atom. The van der Waals surface area contributed by atoms with Gasteiger partial charge in [-0.15, -0.1) is 0 Å². The average Bonchev–Trinajstić information content (AvgIpc) is 3.24. The van der Waals surface area contributed by atoms with Gasteiger partial charge in [0, 0.05) is 6.04 Å². The van der Waals surface area contributed by atoms with Gasteiger partial charge in [0.05, 0.1) is 6.54 Å². The van der Waals surface area contributed by atoms with E-state index >= 15 is 0 Å². The summed E-state index contributed by atoms with van der Waals surface area (Å²) in [6, 6.07) is 14.0. The predicted octanol–water partition coefficient (Wildman–Crippen LogP) is 4.34. The molecule has 2 atom stereocenters. The molecule has 11 nitrogen and oxygen atoms in total. The van der Waals surface area contributed by atoms with E-state index in [1.807, 2.05) is 36.4 Å². The van der Waals surface area contributed by atoms with Crippen LogP contribution in [-0.2, 0) is 22.4 Å². The molecule has 0 spiro atoms. The normalized spacial score (nSPS) is 13.3. The number of aliphatic imine (C=N–C) groups is 1. The third-order valence-electron chi connectivity index (χ3n) is 5.09. The summed E-state index contributed by atoms with van der Waals surface area (Å²) in [5.41, 5.74) is 7.67. The smallest absolute Gasteiger partial charge is 0.414 e. The zero-order valence-corrected chi connectivity index (χ0v) is 23.1. The SMILES string of the molecule is CC(C)(C)OC(=O)NC(=NCc1cccc(C[C@H](N)C(O)c2nc3ccccc3o2)c1)NC(=O)OC(C)(C)C. The molecule has 39 heavy (non-hydrogen) atoms. The number of hydrogen-bond acceptors (Lipinski definition) is 9. The number of nitrogens with two attached hydrogens (primary N) is 1. The van der Waals surface area contributed by atoms with Crippen molar-refractivity contribution in [3.63, 3.8) is 0 Å². The molecule has 1 unspecified atom stereocenters. The second-order valence-corrected chi connectivity index (χ2v) is 11.1. The first-order valence-corrected chi connectivity index (χ1v) is 12.6. The standard InChI is InChI=1S/C28H37N5O6/c1-27(2,3)38-25(35)32-24(33-26(36)39-28(4,5)6)30-16-18-11-9-10-17(14-18)15-19(29)22(34)23-31-20-12-7-8-13-21(20)37-23/h7-14,19,22,34H,15-16,29H2,1-6H3,(H2,30,32,33,35,36)/t19-,22?/m0/s1. The Morgan fingerprint density at radius 1 is 0.974 bits per heavy atom. The lowest BCUT2D eigenvalue weighted by Crippen LogP contribution is -2.47. The van der Waals surface area contributed by atoms with E-state index in [9.17, 15) is 14.7 Å². The fourth-order valence-electron chi connectivity index (χ4n) is 3.52. The van der Waals surface area contributed by atoms with Crippen LogP contribution in [0.25, 0.3) is 11.1 Å². The summed E-state index contributed by atoms with van der Waals surface area (Å²) in [4.78, 5) is 33.3. The largest absolute Gasteiger partial charge is 0.444 e. The zero-order chi connectivity index (χ0) is 28.8. The second-order valence-electron chi connectivity index (χ2n) is 11.1. The van der Waals surface area contributed by atoms with E-state index in [0.29, 0.717) is 17.5 Å². The first-order valence-electron chi connectivity index (χ1n) is 12.6. The van der Waals surface area contributed by atoms with Crippen LogP contribution >= 0.6 is 0 Å². The molecular weight excluding hydrogens is 502 g/mol. The molecule has 0 aliphatic rings. The molecule has 0 aliphatic carbocycles. The lowest BCUT2D eigenvalue weighted by Gasteiger charge is -2.22.